The summed E-state index contributed by atoms with van der Waals surface area (Å²) in [5, 5.41) is 7.07. The van der Waals surface area contributed by atoms with Crippen molar-refractivity contribution in [2.75, 3.05) is 6.54 Å². The number of aryl methyl sites for hydroxylation is 1. The Kier molecular flexibility index (Phi) is 4.92. The number of rotatable bonds is 7. The van der Waals surface area contributed by atoms with Gasteiger partial charge in [0.25, 0.3) is 5.89 Å². The van der Waals surface area contributed by atoms with E-state index in [1.54, 1.807) is 6.92 Å². The van der Waals surface area contributed by atoms with E-state index < -0.39 is 0 Å². The van der Waals surface area contributed by atoms with E-state index >= 15 is 0 Å². The van der Waals surface area contributed by atoms with Gasteiger partial charge in [-0.05, 0) is 37.6 Å². The van der Waals surface area contributed by atoms with Gasteiger partial charge in [0.05, 0.1) is 0 Å². The first-order chi connectivity index (χ1) is 9.28. The molecule has 19 heavy (non-hydrogen) atoms. The zero-order chi connectivity index (χ0) is 13.5. The van der Waals surface area contributed by atoms with Crippen LogP contribution in [0.3, 0.4) is 0 Å². The predicted octanol–water partition coefficient (Wildman–Crippen LogP) is 2.46. The number of hydrogen-bond acceptors (Lipinski definition) is 5. The molecule has 1 aromatic carbocycles. The van der Waals surface area contributed by atoms with Crippen LogP contribution in [0, 0.1) is 6.92 Å². The smallest absolute Gasteiger partial charge is 0.264 e. The molecule has 1 aromatic heterocycles. The molecule has 102 valence electrons. The van der Waals surface area contributed by atoms with Crippen LogP contribution in [0.2, 0.25) is 0 Å². The lowest BCUT2D eigenvalue weighted by molar-refractivity contribution is 0.242. The van der Waals surface area contributed by atoms with Crippen LogP contribution in [0.5, 0.6) is 5.75 Å². The van der Waals surface area contributed by atoms with Gasteiger partial charge in [-0.15, -0.1) is 0 Å². The fraction of sp³-hybridized carbons (Fsp3) is 0.429. The van der Waals surface area contributed by atoms with E-state index in [4.69, 9.17) is 9.26 Å². The van der Waals surface area contributed by atoms with Crippen LogP contribution in [-0.2, 0) is 13.2 Å². The van der Waals surface area contributed by atoms with Crippen molar-refractivity contribution in [3.63, 3.8) is 0 Å². The van der Waals surface area contributed by atoms with E-state index in [9.17, 15) is 0 Å². The summed E-state index contributed by atoms with van der Waals surface area (Å²) in [4.78, 5) is 4.08. The van der Waals surface area contributed by atoms with E-state index in [0.717, 1.165) is 25.3 Å². The van der Waals surface area contributed by atoms with Gasteiger partial charge >= 0.3 is 0 Å². The SMILES string of the molecule is CCCNCc1ccc(OCc2nc(C)no2)cc1. The molecule has 0 saturated carbocycles. The molecular weight excluding hydrogens is 242 g/mol. The van der Waals surface area contributed by atoms with E-state index in [-0.39, 0.29) is 0 Å². The summed E-state index contributed by atoms with van der Waals surface area (Å²) in [6, 6.07) is 8.01. The molecule has 0 fully saturated rings. The molecule has 2 rings (SSSR count). The summed E-state index contributed by atoms with van der Waals surface area (Å²) in [6.07, 6.45) is 1.14. The maximum absolute atomic E-state index is 5.57. The maximum atomic E-state index is 5.57. The van der Waals surface area contributed by atoms with Crippen molar-refractivity contribution in [3.05, 3.63) is 41.5 Å². The Morgan fingerprint density at radius 2 is 2.05 bits per heavy atom. The van der Waals surface area contributed by atoms with Crippen LogP contribution < -0.4 is 10.1 Å². The van der Waals surface area contributed by atoms with E-state index in [1.165, 1.54) is 5.56 Å². The average molecular weight is 261 g/mol. The lowest BCUT2D eigenvalue weighted by Gasteiger charge is -2.06. The monoisotopic (exact) mass is 261 g/mol. The lowest BCUT2D eigenvalue weighted by Crippen LogP contribution is -2.13. The molecule has 0 aliphatic carbocycles. The van der Waals surface area contributed by atoms with Gasteiger partial charge in [0.2, 0.25) is 0 Å². The molecule has 2 aromatic rings. The van der Waals surface area contributed by atoms with Crippen molar-refractivity contribution < 1.29 is 9.26 Å². The Hall–Kier alpha value is -1.88. The van der Waals surface area contributed by atoms with Gasteiger partial charge < -0.3 is 14.6 Å². The Morgan fingerprint density at radius 3 is 2.68 bits per heavy atom. The first kappa shape index (κ1) is 13.5. The number of aromatic nitrogens is 2. The van der Waals surface area contributed by atoms with Gasteiger partial charge in [-0.1, -0.05) is 24.2 Å². The standard InChI is InChI=1S/C14H19N3O2/c1-3-8-15-9-12-4-6-13(7-5-12)18-10-14-16-11(2)17-19-14/h4-7,15H,3,8-10H2,1-2H3. The zero-order valence-electron chi connectivity index (χ0n) is 11.3. The summed E-state index contributed by atoms with van der Waals surface area (Å²) in [6.45, 7) is 6.16. The van der Waals surface area contributed by atoms with Gasteiger partial charge in [0, 0.05) is 6.54 Å². The molecule has 0 unspecified atom stereocenters. The van der Waals surface area contributed by atoms with E-state index in [0.29, 0.717) is 18.3 Å². The highest BCUT2D eigenvalue weighted by molar-refractivity contribution is 5.27. The van der Waals surface area contributed by atoms with Crippen molar-refractivity contribution in [3.8, 4) is 5.75 Å². The predicted molar refractivity (Wildman–Crippen MR) is 71.8 cm³/mol. The minimum Gasteiger partial charge on any atom is -0.484 e. The zero-order valence-corrected chi connectivity index (χ0v) is 11.3. The van der Waals surface area contributed by atoms with Crippen LogP contribution in [0.15, 0.2) is 28.8 Å². The van der Waals surface area contributed by atoms with Crippen LogP contribution in [-0.4, -0.2) is 16.7 Å². The van der Waals surface area contributed by atoms with Crippen molar-refractivity contribution >= 4 is 0 Å². The van der Waals surface area contributed by atoms with Gasteiger partial charge in [0.15, 0.2) is 12.4 Å². The van der Waals surface area contributed by atoms with Gasteiger partial charge in [-0.25, -0.2) is 0 Å². The Bertz CT molecular complexity index is 494. The van der Waals surface area contributed by atoms with Gasteiger partial charge in [-0.2, -0.15) is 4.98 Å². The fourth-order valence-corrected chi connectivity index (χ4v) is 1.66. The van der Waals surface area contributed by atoms with Crippen molar-refractivity contribution in [2.45, 2.75) is 33.4 Å². The van der Waals surface area contributed by atoms with Crippen molar-refractivity contribution in [1.82, 2.24) is 15.5 Å². The molecular formula is C14H19N3O2. The molecule has 0 aliphatic heterocycles. The Labute approximate surface area is 113 Å². The van der Waals surface area contributed by atoms with Crippen LogP contribution in [0.4, 0.5) is 0 Å². The van der Waals surface area contributed by atoms with E-state index in [1.807, 2.05) is 12.1 Å². The third-order valence-electron chi connectivity index (χ3n) is 2.61. The molecule has 0 saturated heterocycles. The molecule has 0 spiro atoms. The van der Waals surface area contributed by atoms with Crippen LogP contribution in [0.25, 0.3) is 0 Å². The minimum atomic E-state index is 0.300. The number of nitrogens with zero attached hydrogens (tertiary/aromatic N) is 2. The molecule has 5 nitrogen and oxygen atoms in total. The molecule has 1 heterocycles. The van der Waals surface area contributed by atoms with E-state index in [2.05, 4.69) is 34.5 Å². The lowest BCUT2D eigenvalue weighted by atomic mass is 10.2. The third-order valence-corrected chi connectivity index (χ3v) is 2.61. The first-order valence-electron chi connectivity index (χ1n) is 6.49. The Morgan fingerprint density at radius 1 is 1.26 bits per heavy atom. The Balaban J connectivity index is 1.81. The van der Waals surface area contributed by atoms with Gasteiger partial charge in [0.1, 0.15) is 5.75 Å². The average Bonchev–Trinajstić information content (AvgIpc) is 2.84. The number of ether oxygens (including phenoxy) is 1. The number of nitrogens with one attached hydrogen (secondary N) is 1. The first-order valence-corrected chi connectivity index (χ1v) is 6.49. The quantitative estimate of drug-likeness (QED) is 0.776. The largest absolute Gasteiger partial charge is 0.484 e. The summed E-state index contributed by atoms with van der Waals surface area (Å²) in [7, 11) is 0. The highest BCUT2D eigenvalue weighted by Crippen LogP contribution is 2.13. The molecule has 0 atom stereocenters. The summed E-state index contributed by atoms with van der Waals surface area (Å²) < 4.78 is 10.5. The third kappa shape index (κ3) is 4.37. The van der Waals surface area contributed by atoms with Crippen LogP contribution in [0.1, 0.15) is 30.6 Å². The van der Waals surface area contributed by atoms with Gasteiger partial charge in [-0.3, -0.25) is 0 Å². The highest BCUT2D eigenvalue weighted by atomic mass is 16.5. The maximum Gasteiger partial charge on any atom is 0.264 e. The summed E-state index contributed by atoms with van der Waals surface area (Å²) >= 11 is 0. The van der Waals surface area contributed by atoms with Crippen LogP contribution >= 0.6 is 0 Å². The topological polar surface area (TPSA) is 60.2 Å². The highest BCUT2D eigenvalue weighted by Gasteiger charge is 2.03. The van der Waals surface area contributed by atoms with Crippen molar-refractivity contribution in [2.24, 2.45) is 0 Å². The molecule has 0 radical (unpaired) electrons. The number of benzene rings is 1. The minimum absolute atomic E-state index is 0.300. The molecule has 1 N–H and O–H groups in total. The summed E-state index contributed by atoms with van der Waals surface area (Å²) in [5.74, 6) is 1.91. The second-order valence-electron chi connectivity index (χ2n) is 4.34. The molecule has 5 heteroatoms. The normalized spacial score (nSPS) is 10.6. The fourth-order valence-electron chi connectivity index (χ4n) is 1.66. The molecule has 0 aliphatic rings. The molecule has 0 bridgehead atoms. The second-order valence-corrected chi connectivity index (χ2v) is 4.34. The van der Waals surface area contributed by atoms with Crippen molar-refractivity contribution in [1.29, 1.82) is 0 Å². The molecule has 0 amide bonds. The second kappa shape index (κ2) is 6.89. The number of hydrogen-bond donors (Lipinski definition) is 1. The summed E-state index contributed by atoms with van der Waals surface area (Å²) in [5.41, 5.74) is 1.24.